The van der Waals surface area contributed by atoms with Crippen molar-refractivity contribution in [1.82, 2.24) is 4.90 Å². The summed E-state index contributed by atoms with van der Waals surface area (Å²) in [6.45, 7) is 0.290. The number of carbonyl (C=O) groups is 2. The molecule has 0 unspecified atom stereocenters. The van der Waals surface area contributed by atoms with Crippen LogP contribution in [0.15, 0.2) is 40.6 Å². The molecule has 1 fully saturated rings. The van der Waals surface area contributed by atoms with Crippen molar-refractivity contribution in [3.63, 3.8) is 0 Å². The van der Waals surface area contributed by atoms with Gasteiger partial charge in [0, 0.05) is 10.5 Å². The fraction of sp³-hybridized carbons (Fsp3) is 0.500. The molecule has 0 N–H and O–H groups in total. The molecule has 1 atom stereocenters. The van der Waals surface area contributed by atoms with E-state index < -0.39 is 6.04 Å². The highest BCUT2D eigenvalue weighted by atomic mass is 79.9. The zero-order valence-corrected chi connectivity index (χ0v) is 16.5. The number of amides is 1. The first-order valence-electron chi connectivity index (χ1n) is 9.09. The van der Waals surface area contributed by atoms with Crippen molar-refractivity contribution in [2.24, 2.45) is 5.92 Å². The molecule has 26 heavy (non-hydrogen) atoms. The minimum absolute atomic E-state index is 0.193. The largest absolute Gasteiger partial charge is 0.467 e. The lowest BCUT2D eigenvalue weighted by atomic mass is 9.84. The van der Waals surface area contributed by atoms with E-state index in [0.29, 0.717) is 23.8 Å². The molecule has 1 aliphatic heterocycles. The molecule has 0 aromatic heterocycles. The Bertz CT molecular complexity index is 697. The van der Waals surface area contributed by atoms with E-state index in [1.54, 1.807) is 4.90 Å². The molecule has 0 radical (unpaired) electrons. The third-order valence-corrected chi connectivity index (χ3v) is 5.56. The summed E-state index contributed by atoms with van der Waals surface area (Å²) in [7, 11) is 1.38. The summed E-state index contributed by atoms with van der Waals surface area (Å²) in [4.78, 5) is 26.4. The van der Waals surface area contributed by atoms with Gasteiger partial charge < -0.3 is 14.4 Å². The Kier molecular flexibility index (Phi) is 6.35. The van der Waals surface area contributed by atoms with Gasteiger partial charge in [-0.1, -0.05) is 54.1 Å². The quantitative estimate of drug-likeness (QED) is 0.649. The van der Waals surface area contributed by atoms with Crippen LogP contribution in [-0.4, -0.2) is 36.5 Å². The number of hydrogen-bond acceptors (Lipinski definition) is 4. The van der Waals surface area contributed by atoms with Crippen LogP contribution in [0.2, 0.25) is 0 Å². The van der Waals surface area contributed by atoms with E-state index in [4.69, 9.17) is 9.47 Å². The number of methoxy groups -OCH3 is 1. The van der Waals surface area contributed by atoms with E-state index in [0.717, 1.165) is 17.3 Å². The third-order valence-electron chi connectivity index (χ3n) is 5.07. The van der Waals surface area contributed by atoms with E-state index in [2.05, 4.69) is 15.9 Å². The Morgan fingerprint density at radius 2 is 2.08 bits per heavy atom. The molecule has 6 heteroatoms. The number of benzene rings is 1. The number of rotatable bonds is 6. The van der Waals surface area contributed by atoms with Crippen molar-refractivity contribution < 1.29 is 19.1 Å². The molecule has 1 aromatic rings. The van der Waals surface area contributed by atoms with Crippen molar-refractivity contribution in [2.45, 2.75) is 44.6 Å². The van der Waals surface area contributed by atoms with Gasteiger partial charge in [0.1, 0.15) is 17.6 Å². The van der Waals surface area contributed by atoms with Crippen LogP contribution in [0.1, 0.15) is 38.5 Å². The Balaban J connectivity index is 1.68. The second kappa shape index (κ2) is 8.71. The molecular weight excluding hydrogens is 398 g/mol. The molecule has 140 valence electrons. The van der Waals surface area contributed by atoms with Crippen LogP contribution >= 0.6 is 15.9 Å². The van der Waals surface area contributed by atoms with Gasteiger partial charge in [0.2, 0.25) is 0 Å². The van der Waals surface area contributed by atoms with Crippen LogP contribution < -0.4 is 4.74 Å². The molecule has 1 heterocycles. The van der Waals surface area contributed by atoms with Crippen molar-refractivity contribution in [3.05, 3.63) is 40.6 Å². The Morgan fingerprint density at radius 1 is 1.31 bits per heavy atom. The second-order valence-corrected chi connectivity index (χ2v) is 7.83. The molecule has 1 aliphatic carbocycles. The van der Waals surface area contributed by atoms with E-state index in [1.807, 2.05) is 24.3 Å². The highest BCUT2D eigenvalue weighted by Gasteiger charge is 2.36. The van der Waals surface area contributed by atoms with Gasteiger partial charge in [0.05, 0.1) is 13.7 Å². The van der Waals surface area contributed by atoms with Gasteiger partial charge in [-0.15, -0.1) is 0 Å². The van der Waals surface area contributed by atoms with E-state index in [1.165, 1.54) is 32.4 Å². The van der Waals surface area contributed by atoms with E-state index in [-0.39, 0.29) is 18.4 Å². The Hall–Kier alpha value is -1.82. The summed E-state index contributed by atoms with van der Waals surface area (Å²) in [6.07, 6.45) is 8.01. The number of carbonyl (C=O) groups excluding carboxylic acids is 2. The van der Waals surface area contributed by atoms with Gasteiger partial charge in [-0.2, -0.15) is 0 Å². The maximum absolute atomic E-state index is 12.5. The normalized spacial score (nSPS) is 19.2. The topological polar surface area (TPSA) is 55.8 Å². The van der Waals surface area contributed by atoms with Gasteiger partial charge in [-0.3, -0.25) is 4.79 Å². The Morgan fingerprint density at radius 3 is 2.77 bits per heavy atom. The van der Waals surface area contributed by atoms with Gasteiger partial charge in [-0.05, 0) is 30.5 Å². The lowest BCUT2D eigenvalue weighted by Crippen LogP contribution is -2.44. The predicted octanol–water partition coefficient (Wildman–Crippen LogP) is 4.07. The fourth-order valence-electron chi connectivity index (χ4n) is 3.74. The molecule has 1 saturated carbocycles. The average Bonchev–Trinajstić information content (AvgIpc) is 3.00. The molecule has 1 aromatic carbocycles. The summed E-state index contributed by atoms with van der Waals surface area (Å²) in [6, 6.07) is 6.90. The average molecular weight is 422 g/mol. The zero-order valence-electron chi connectivity index (χ0n) is 14.9. The number of halogens is 1. The van der Waals surface area contributed by atoms with Crippen molar-refractivity contribution in [2.75, 3.05) is 13.7 Å². The highest BCUT2D eigenvalue weighted by molar-refractivity contribution is 9.10. The minimum Gasteiger partial charge on any atom is -0.467 e. The molecule has 0 bridgehead atoms. The predicted molar refractivity (Wildman–Crippen MR) is 102 cm³/mol. The number of esters is 1. The first-order chi connectivity index (χ1) is 12.6. The van der Waals surface area contributed by atoms with Gasteiger partial charge in [-0.25, -0.2) is 4.79 Å². The highest BCUT2D eigenvalue weighted by Crippen LogP contribution is 2.31. The van der Waals surface area contributed by atoms with Crippen LogP contribution in [0.4, 0.5) is 0 Å². The Labute approximate surface area is 162 Å². The number of ether oxygens (including phenoxy) is 2. The van der Waals surface area contributed by atoms with Gasteiger partial charge >= 0.3 is 5.97 Å². The molecule has 0 saturated heterocycles. The standard InChI is InChI=1S/C20H24BrNO4/c1-25-20(24)18(10-14-6-3-2-4-7-14)22-13-17(12-19(22)23)26-16-9-5-8-15(21)11-16/h5,8-9,11-12,14,18H,2-4,6-7,10,13H2,1H3/t18-/m0/s1. The van der Waals surface area contributed by atoms with Crippen molar-refractivity contribution in [1.29, 1.82) is 0 Å². The van der Waals surface area contributed by atoms with Crippen LogP contribution in [0.3, 0.4) is 0 Å². The van der Waals surface area contributed by atoms with E-state index in [9.17, 15) is 9.59 Å². The summed E-state index contributed by atoms with van der Waals surface area (Å²) >= 11 is 3.40. The summed E-state index contributed by atoms with van der Waals surface area (Å²) in [5.41, 5.74) is 0. The van der Waals surface area contributed by atoms with Crippen molar-refractivity contribution in [3.8, 4) is 5.75 Å². The lowest BCUT2D eigenvalue weighted by Gasteiger charge is -2.30. The van der Waals surface area contributed by atoms with Gasteiger partial charge in [0.15, 0.2) is 0 Å². The third kappa shape index (κ3) is 4.67. The van der Waals surface area contributed by atoms with E-state index >= 15 is 0 Å². The first kappa shape index (κ1) is 19.0. The SMILES string of the molecule is COC(=O)[C@H](CC1CCCCC1)N1CC(Oc2cccc(Br)c2)=CC1=O. The maximum Gasteiger partial charge on any atom is 0.328 e. The number of nitrogens with zero attached hydrogens (tertiary/aromatic N) is 1. The molecule has 3 rings (SSSR count). The molecule has 1 amide bonds. The molecular formula is C20H24BrNO4. The molecule has 0 spiro atoms. The monoisotopic (exact) mass is 421 g/mol. The number of hydrogen-bond donors (Lipinski definition) is 0. The zero-order chi connectivity index (χ0) is 18.5. The lowest BCUT2D eigenvalue weighted by molar-refractivity contribution is -0.151. The molecule has 5 nitrogen and oxygen atoms in total. The smallest absolute Gasteiger partial charge is 0.328 e. The molecule has 2 aliphatic rings. The van der Waals surface area contributed by atoms with Crippen LogP contribution in [0.5, 0.6) is 5.75 Å². The van der Waals surface area contributed by atoms with Crippen LogP contribution in [0, 0.1) is 5.92 Å². The van der Waals surface area contributed by atoms with Crippen LogP contribution in [-0.2, 0) is 14.3 Å². The minimum atomic E-state index is -0.546. The summed E-state index contributed by atoms with van der Waals surface area (Å²) < 4.78 is 11.7. The summed E-state index contributed by atoms with van der Waals surface area (Å²) in [5.74, 6) is 1.13. The summed E-state index contributed by atoms with van der Waals surface area (Å²) in [5, 5.41) is 0. The maximum atomic E-state index is 12.5. The van der Waals surface area contributed by atoms with Gasteiger partial charge in [0.25, 0.3) is 5.91 Å². The van der Waals surface area contributed by atoms with Crippen LogP contribution in [0.25, 0.3) is 0 Å². The second-order valence-electron chi connectivity index (χ2n) is 6.91. The fourth-order valence-corrected chi connectivity index (χ4v) is 4.12. The first-order valence-corrected chi connectivity index (χ1v) is 9.88. The van der Waals surface area contributed by atoms with Crippen molar-refractivity contribution >= 4 is 27.8 Å².